The van der Waals surface area contributed by atoms with Gasteiger partial charge in [0.25, 0.3) is 0 Å². The van der Waals surface area contributed by atoms with Crippen LogP contribution >= 0.6 is 0 Å². The molecule has 0 fully saturated rings. The fraction of sp³-hybridized carbons (Fsp3) is 0.333. The number of halogens is 1. The van der Waals surface area contributed by atoms with Gasteiger partial charge in [-0.3, -0.25) is 0 Å². The molecular weight excluding hydrogens is 263 g/mol. The predicted octanol–water partition coefficient (Wildman–Crippen LogP) is 3.88. The highest BCUT2D eigenvalue weighted by atomic mass is 19.1. The normalized spacial score (nSPS) is 10.7. The summed E-state index contributed by atoms with van der Waals surface area (Å²) in [4.78, 5) is 2.09. The van der Waals surface area contributed by atoms with Gasteiger partial charge in [-0.05, 0) is 42.8 Å². The molecule has 0 heterocycles. The van der Waals surface area contributed by atoms with Crippen molar-refractivity contribution in [2.75, 3.05) is 18.5 Å². The molecule has 1 N–H and O–H groups in total. The van der Waals surface area contributed by atoms with Gasteiger partial charge < -0.3 is 10.2 Å². The monoisotopic (exact) mass is 286 g/mol. The van der Waals surface area contributed by atoms with Crippen molar-refractivity contribution in [2.45, 2.75) is 26.9 Å². The maximum absolute atomic E-state index is 14.0. The molecule has 2 rings (SSSR count). The number of nitrogens with one attached hydrogen (secondary N) is 1. The molecule has 112 valence electrons. The van der Waals surface area contributed by atoms with E-state index in [1.165, 1.54) is 5.56 Å². The Morgan fingerprint density at radius 3 is 2.62 bits per heavy atom. The fourth-order valence-electron chi connectivity index (χ4n) is 2.46. The van der Waals surface area contributed by atoms with Crippen molar-refractivity contribution in [2.24, 2.45) is 0 Å². The minimum atomic E-state index is -0.143. The number of hydrogen-bond acceptors (Lipinski definition) is 2. The Labute approximate surface area is 126 Å². The van der Waals surface area contributed by atoms with Crippen molar-refractivity contribution in [1.29, 1.82) is 0 Å². The zero-order valence-corrected chi connectivity index (χ0v) is 13.0. The molecule has 3 heteroatoms. The smallest absolute Gasteiger partial charge is 0.128 e. The van der Waals surface area contributed by atoms with Gasteiger partial charge in [-0.2, -0.15) is 0 Å². The van der Waals surface area contributed by atoms with E-state index >= 15 is 0 Å². The molecule has 0 unspecified atom stereocenters. The third-order valence-electron chi connectivity index (χ3n) is 3.62. The van der Waals surface area contributed by atoms with E-state index in [-0.39, 0.29) is 5.82 Å². The van der Waals surface area contributed by atoms with Crippen LogP contribution in [0.25, 0.3) is 0 Å². The van der Waals surface area contributed by atoms with Crippen molar-refractivity contribution in [3.8, 4) is 0 Å². The molecular formula is C18H23FN2. The van der Waals surface area contributed by atoms with Crippen molar-refractivity contribution < 1.29 is 4.39 Å². The molecule has 0 bridgehead atoms. The number of hydrogen-bond donors (Lipinski definition) is 1. The first kappa shape index (κ1) is 15.5. The van der Waals surface area contributed by atoms with E-state index in [9.17, 15) is 4.39 Å². The van der Waals surface area contributed by atoms with Gasteiger partial charge in [0.15, 0.2) is 0 Å². The molecule has 0 radical (unpaired) electrons. The first-order valence-corrected chi connectivity index (χ1v) is 7.36. The van der Waals surface area contributed by atoms with Crippen LogP contribution in [-0.2, 0) is 13.1 Å². The Bertz CT molecular complexity index is 596. The summed E-state index contributed by atoms with van der Waals surface area (Å²) < 4.78 is 14.0. The highest BCUT2D eigenvalue weighted by Gasteiger charge is 2.09. The molecule has 0 saturated heterocycles. The van der Waals surface area contributed by atoms with Crippen LogP contribution in [0.2, 0.25) is 0 Å². The van der Waals surface area contributed by atoms with E-state index in [4.69, 9.17) is 0 Å². The lowest BCUT2D eigenvalue weighted by Gasteiger charge is -2.22. The van der Waals surface area contributed by atoms with Crippen molar-refractivity contribution >= 4 is 5.69 Å². The van der Waals surface area contributed by atoms with Crippen LogP contribution in [0, 0.1) is 12.7 Å². The van der Waals surface area contributed by atoms with Crippen molar-refractivity contribution in [3.63, 3.8) is 0 Å². The Morgan fingerprint density at radius 2 is 1.90 bits per heavy atom. The summed E-state index contributed by atoms with van der Waals surface area (Å²) in [5.41, 5.74) is 4.18. The van der Waals surface area contributed by atoms with E-state index in [1.54, 1.807) is 6.07 Å². The zero-order valence-electron chi connectivity index (χ0n) is 13.0. The second-order valence-corrected chi connectivity index (χ2v) is 5.35. The second-order valence-electron chi connectivity index (χ2n) is 5.35. The second kappa shape index (κ2) is 7.23. The van der Waals surface area contributed by atoms with E-state index in [0.717, 1.165) is 29.9 Å². The first-order chi connectivity index (χ1) is 10.1. The van der Waals surface area contributed by atoms with Gasteiger partial charge in [0, 0.05) is 31.4 Å². The Hall–Kier alpha value is -1.87. The molecule has 0 aliphatic heterocycles. The van der Waals surface area contributed by atoms with Gasteiger partial charge in [-0.15, -0.1) is 0 Å². The average molecular weight is 286 g/mol. The summed E-state index contributed by atoms with van der Waals surface area (Å²) >= 11 is 0. The number of rotatable bonds is 6. The van der Waals surface area contributed by atoms with Crippen LogP contribution in [0.5, 0.6) is 0 Å². The van der Waals surface area contributed by atoms with Gasteiger partial charge in [0.2, 0.25) is 0 Å². The summed E-state index contributed by atoms with van der Waals surface area (Å²) in [5.74, 6) is -0.143. The van der Waals surface area contributed by atoms with Crippen LogP contribution in [0.1, 0.15) is 23.6 Å². The summed E-state index contributed by atoms with van der Waals surface area (Å²) in [5, 5.41) is 3.27. The van der Waals surface area contributed by atoms with E-state index < -0.39 is 0 Å². The van der Waals surface area contributed by atoms with Gasteiger partial charge in [0.05, 0.1) is 0 Å². The maximum Gasteiger partial charge on any atom is 0.128 e. The molecule has 0 spiro atoms. The third kappa shape index (κ3) is 4.05. The van der Waals surface area contributed by atoms with Crippen LogP contribution in [0.4, 0.5) is 10.1 Å². The molecule has 21 heavy (non-hydrogen) atoms. The summed E-state index contributed by atoms with van der Waals surface area (Å²) in [6, 6.07) is 13.5. The standard InChI is InChI=1S/C18H23FN2/c1-4-20-12-15-9-10-17(19)16(11-15)13-21(3)18-8-6-5-7-14(18)2/h5-11,20H,4,12-13H2,1-3H3. The van der Waals surface area contributed by atoms with Gasteiger partial charge in [-0.1, -0.05) is 31.2 Å². The molecule has 2 aromatic carbocycles. The largest absolute Gasteiger partial charge is 0.370 e. The number of anilines is 1. The van der Waals surface area contributed by atoms with Crippen LogP contribution in [0.15, 0.2) is 42.5 Å². The molecule has 0 aliphatic rings. The first-order valence-electron chi connectivity index (χ1n) is 7.36. The van der Waals surface area contributed by atoms with E-state index in [2.05, 4.69) is 36.2 Å². The minimum absolute atomic E-state index is 0.143. The van der Waals surface area contributed by atoms with Crippen LogP contribution in [-0.4, -0.2) is 13.6 Å². The van der Waals surface area contributed by atoms with Crippen molar-refractivity contribution in [3.05, 3.63) is 65.0 Å². The zero-order chi connectivity index (χ0) is 15.2. The number of benzene rings is 2. The highest BCUT2D eigenvalue weighted by molar-refractivity contribution is 5.52. The Kier molecular flexibility index (Phi) is 5.34. The molecule has 0 atom stereocenters. The number of aryl methyl sites for hydroxylation is 1. The van der Waals surface area contributed by atoms with E-state index in [1.807, 2.05) is 31.3 Å². The van der Waals surface area contributed by atoms with Gasteiger partial charge in [-0.25, -0.2) is 4.39 Å². The van der Waals surface area contributed by atoms with Gasteiger partial charge >= 0.3 is 0 Å². The van der Waals surface area contributed by atoms with E-state index in [0.29, 0.717) is 6.54 Å². The fourth-order valence-corrected chi connectivity index (χ4v) is 2.46. The van der Waals surface area contributed by atoms with Crippen LogP contribution in [0.3, 0.4) is 0 Å². The molecule has 0 aromatic heterocycles. The topological polar surface area (TPSA) is 15.3 Å². The minimum Gasteiger partial charge on any atom is -0.370 e. The number of para-hydroxylation sites is 1. The molecule has 0 saturated carbocycles. The average Bonchev–Trinajstić information content (AvgIpc) is 2.48. The quantitative estimate of drug-likeness (QED) is 0.867. The molecule has 0 aliphatic carbocycles. The lowest BCUT2D eigenvalue weighted by Crippen LogP contribution is -2.19. The summed E-state index contributed by atoms with van der Waals surface area (Å²) in [7, 11) is 2.00. The number of nitrogens with zero attached hydrogens (tertiary/aromatic N) is 1. The van der Waals surface area contributed by atoms with Crippen LogP contribution < -0.4 is 10.2 Å². The molecule has 2 nitrogen and oxygen atoms in total. The lowest BCUT2D eigenvalue weighted by atomic mass is 10.1. The Morgan fingerprint density at radius 1 is 1.14 bits per heavy atom. The summed E-state index contributed by atoms with van der Waals surface area (Å²) in [6.45, 7) is 6.39. The third-order valence-corrected chi connectivity index (χ3v) is 3.62. The lowest BCUT2D eigenvalue weighted by molar-refractivity contribution is 0.605. The SMILES string of the molecule is CCNCc1ccc(F)c(CN(C)c2ccccc2C)c1. The van der Waals surface area contributed by atoms with Gasteiger partial charge in [0.1, 0.15) is 5.82 Å². The maximum atomic E-state index is 14.0. The predicted molar refractivity (Wildman–Crippen MR) is 87.1 cm³/mol. The Balaban J connectivity index is 2.16. The summed E-state index contributed by atoms with van der Waals surface area (Å²) in [6.07, 6.45) is 0. The van der Waals surface area contributed by atoms with Crippen molar-refractivity contribution in [1.82, 2.24) is 5.32 Å². The highest BCUT2D eigenvalue weighted by Crippen LogP contribution is 2.21. The molecule has 2 aromatic rings. The molecule has 0 amide bonds.